The van der Waals surface area contributed by atoms with Gasteiger partial charge in [0.1, 0.15) is 0 Å². The molecule has 0 amide bonds. The highest BCUT2D eigenvalue weighted by atomic mass is 16.5. The summed E-state index contributed by atoms with van der Waals surface area (Å²) >= 11 is 0. The largest absolute Gasteiger partial charge is 0.478 e. The highest BCUT2D eigenvalue weighted by Gasteiger charge is 2.49. The summed E-state index contributed by atoms with van der Waals surface area (Å²) in [7, 11) is 0. The van der Waals surface area contributed by atoms with E-state index >= 15 is 0 Å². The van der Waals surface area contributed by atoms with Gasteiger partial charge in [-0.15, -0.1) is 0 Å². The van der Waals surface area contributed by atoms with Crippen molar-refractivity contribution in [1.82, 2.24) is 10.1 Å². The molecule has 5 nitrogen and oxygen atoms in total. The molecule has 3 rings (SSSR count). The summed E-state index contributed by atoms with van der Waals surface area (Å²) < 4.78 is 5.21. The first-order valence-electron chi connectivity index (χ1n) is 6.15. The van der Waals surface area contributed by atoms with Crippen LogP contribution in [0.3, 0.4) is 0 Å². The number of rotatable bonds is 3. The molecule has 1 N–H and O–H groups in total. The summed E-state index contributed by atoms with van der Waals surface area (Å²) in [6, 6.07) is 6.64. The molecule has 1 saturated carbocycles. The Kier molecular flexibility index (Phi) is 2.45. The second-order valence-electron chi connectivity index (χ2n) is 5.55. The Morgan fingerprint density at radius 1 is 1.42 bits per heavy atom. The smallest absolute Gasteiger partial charge is 0.336 e. The summed E-state index contributed by atoms with van der Waals surface area (Å²) in [6.45, 7) is 4.30. The lowest BCUT2D eigenvalue weighted by Crippen LogP contribution is -1.99. The molecular weight excluding hydrogens is 244 g/mol. The monoisotopic (exact) mass is 258 g/mol. The van der Waals surface area contributed by atoms with Crippen LogP contribution in [0.1, 0.15) is 42.4 Å². The Morgan fingerprint density at radius 3 is 2.74 bits per heavy atom. The van der Waals surface area contributed by atoms with Gasteiger partial charge in [0.25, 0.3) is 5.89 Å². The van der Waals surface area contributed by atoms with Crippen LogP contribution in [0.5, 0.6) is 0 Å². The zero-order valence-electron chi connectivity index (χ0n) is 10.8. The maximum atomic E-state index is 11.2. The lowest BCUT2D eigenvalue weighted by atomic mass is 10.1. The fraction of sp³-hybridized carbons (Fsp3) is 0.357. The van der Waals surface area contributed by atoms with E-state index in [1.165, 1.54) is 6.07 Å². The Hall–Kier alpha value is -2.17. The van der Waals surface area contributed by atoms with Crippen molar-refractivity contribution in [2.45, 2.75) is 26.2 Å². The van der Waals surface area contributed by atoms with Crippen molar-refractivity contribution in [3.8, 4) is 11.5 Å². The van der Waals surface area contributed by atoms with E-state index in [4.69, 9.17) is 9.63 Å². The molecular formula is C14H14N2O3. The summed E-state index contributed by atoms with van der Waals surface area (Å²) in [5.41, 5.74) is 0.855. The minimum Gasteiger partial charge on any atom is -0.478 e. The highest BCUT2D eigenvalue weighted by molar-refractivity contribution is 5.94. The molecule has 5 heteroatoms. The van der Waals surface area contributed by atoms with Crippen LogP contribution in [0.4, 0.5) is 0 Å². The first-order valence-corrected chi connectivity index (χ1v) is 6.15. The summed E-state index contributed by atoms with van der Waals surface area (Å²) in [4.78, 5) is 15.5. The minimum absolute atomic E-state index is 0.174. The van der Waals surface area contributed by atoms with Gasteiger partial charge < -0.3 is 9.63 Å². The number of benzene rings is 1. The number of hydrogen-bond donors (Lipinski definition) is 1. The normalized spacial score (nSPS) is 20.2. The van der Waals surface area contributed by atoms with Crippen molar-refractivity contribution >= 4 is 5.97 Å². The van der Waals surface area contributed by atoms with Gasteiger partial charge in [-0.2, -0.15) is 4.98 Å². The molecule has 0 radical (unpaired) electrons. The first kappa shape index (κ1) is 11.9. The third-order valence-corrected chi connectivity index (χ3v) is 3.65. The summed E-state index contributed by atoms with van der Waals surface area (Å²) in [5.74, 6) is 0.250. The van der Waals surface area contributed by atoms with E-state index < -0.39 is 5.97 Å². The van der Waals surface area contributed by atoms with Gasteiger partial charge in [-0.1, -0.05) is 31.1 Å². The van der Waals surface area contributed by atoms with Crippen molar-refractivity contribution in [2.24, 2.45) is 5.41 Å². The molecule has 1 aromatic heterocycles. The number of hydrogen-bond acceptors (Lipinski definition) is 4. The quantitative estimate of drug-likeness (QED) is 0.915. The Bertz CT molecular complexity index is 646. The van der Waals surface area contributed by atoms with E-state index in [-0.39, 0.29) is 16.9 Å². The zero-order valence-corrected chi connectivity index (χ0v) is 10.8. The summed E-state index contributed by atoms with van der Waals surface area (Å²) in [5, 5.41) is 13.1. The minimum atomic E-state index is -0.998. The van der Waals surface area contributed by atoms with Gasteiger partial charge in [0, 0.05) is 5.92 Å². The van der Waals surface area contributed by atoms with Gasteiger partial charge >= 0.3 is 5.97 Å². The maximum absolute atomic E-state index is 11.2. The first-order chi connectivity index (χ1) is 8.99. The molecule has 19 heavy (non-hydrogen) atoms. The zero-order chi connectivity index (χ0) is 13.6. The van der Waals surface area contributed by atoms with Gasteiger partial charge in [0.2, 0.25) is 0 Å². The average molecular weight is 258 g/mol. The molecule has 0 bridgehead atoms. The number of aromatic nitrogens is 2. The topological polar surface area (TPSA) is 76.2 Å². The Balaban J connectivity index is 1.98. The van der Waals surface area contributed by atoms with E-state index in [1.807, 2.05) is 0 Å². The van der Waals surface area contributed by atoms with Crippen LogP contribution in [-0.4, -0.2) is 21.2 Å². The third kappa shape index (κ3) is 2.01. The highest BCUT2D eigenvalue weighted by Crippen LogP contribution is 2.57. The number of aromatic carboxylic acids is 1. The van der Waals surface area contributed by atoms with Crippen molar-refractivity contribution in [3.05, 3.63) is 35.7 Å². The molecule has 1 heterocycles. The molecule has 0 spiro atoms. The molecule has 1 aliphatic rings. The molecule has 1 fully saturated rings. The number of carboxylic acids is 1. The van der Waals surface area contributed by atoms with E-state index in [0.717, 1.165) is 6.42 Å². The van der Waals surface area contributed by atoms with E-state index in [2.05, 4.69) is 24.0 Å². The number of carbonyl (C=O) groups is 1. The van der Waals surface area contributed by atoms with E-state index in [0.29, 0.717) is 17.3 Å². The van der Waals surface area contributed by atoms with Gasteiger partial charge in [0.05, 0.1) is 11.1 Å². The van der Waals surface area contributed by atoms with Gasteiger partial charge in [-0.3, -0.25) is 0 Å². The van der Waals surface area contributed by atoms with Crippen LogP contribution >= 0.6 is 0 Å². The van der Waals surface area contributed by atoms with Crippen molar-refractivity contribution in [1.29, 1.82) is 0 Å². The lowest BCUT2D eigenvalue weighted by Gasteiger charge is -1.99. The number of nitrogens with zero attached hydrogens (tertiary/aromatic N) is 2. The second-order valence-corrected chi connectivity index (χ2v) is 5.55. The second kappa shape index (κ2) is 3.91. The van der Waals surface area contributed by atoms with Crippen molar-refractivity contribution in [2.75, 3.05) is 0 Å². The van der Waals surface area contributed by atoms with Crippen LogP contribution in [0.2, 0.25) is 0 Å². The molecule has 1 atom stereocenters. The average Bonchev–Trinajstić information content (AvgIpc) is 2.82. The van der Waals surface area contributed by atoms with E-state index in [9.17, 15) is 4.79 Å². The van der Waals surface area contributed by atoms with Gasteiger partial charge in [-0.25, -0.2) is 4.79 Å². The third-order valence-electron chi connectivity index (χ3n) is 3.65. The maximum Gasteiger partial charge on any atom is 0.336 e. The van der Waals surface area contributed by atoms with Crippen molar-refractivity contribution < 1.29 is 14.4 Å². The lowest BCUT2D eigenvalue weighted by molar-refractivity contribution is 0.0697. The van der Waals surface area contributed by atoms with Crippen molar-refractivity contribution in [3.63, 3.8) is 0 Å². The predicted octanol–water partition coefficient (Wildman–Crippen LogP) is 2.95. The van der Waals surface area contributed by atoms with Crippen LogP contribution < -0.4 is 0 Å². The van der Waals surface area contributed by atoms with Crippen LogP contribution in [-0.2, 0) is 0 Å². The predicted molar refractivity (Wildman–Crippen MR) is 67.8 cm³/mol. The van der Waals surface area contributed by atoms with Gasteiger partial charge in [0.15, 0.2) is 5.82 Å². The fourth-order valence-electron chi connectivity index (χ4n) is 2.25. The SMILES string of the molecule is CC1(C)CC1c1noc(-c2ccccc2C(=O)O)n1. The van der Waals surface area contributed by atoms with E-state index in [1.54, 1.807) is 18.2 Å². The van der Waals surface area contributed by atoms with Crippen LogP contribution in [0.15, 0.2) is 28.8 Å². The molecule has 2 aromatic rings. The molecule has 1 aromatic carbocycles. The molecule has 1 unspecified atom stereocenters. The van der Waals surface area contributed by atoms with Gasteiger partial charge in [-0.05, 0) is 24.0 Å². The van der Waals surface area contributed by atoms with Crippen LogP contribution in [0, 0.1) is 5.41 Å². The Morgan fingerprint density at radius 2 is 2.11 bits per heavy atom. The summed E-state index contributed by atoms with van der Waals surface area (Å²) in [6.07, 6.45) is 1.03. The molecule has 0 aliphatic heterocycles. The Labute approximate surface area is 110 Å². The fourth-order valence-corrected chi connectivity index (χ4v) is 2.25. The molecule has 98 valence electrons. The number of carboxylic acid groups (broad SMARTS) is 1. The van der Waals surface area contributed by atoms with Crippen LogP contribution in [0.25, 0.3) is 11.5 Å². The molecule has 1 aliphatic carbocycles. The standard InChI is InChI=1S/C14H14N2O3/c1-14(2)7-10(14)11-15-12(19-16-11)8-5-3-4-6-9(8)13(17)18/h3-6,10H,7H2,1-2H3,(H,17,18). The molecule has 0 saturated heterocycles.